The second-order valence-electron chi connectivity index (χ2n) is 15.8. The van der Waals surface area contributed by atoms with Crippen molar-refractivity contribution in [3.8, 4) is 23.0 Å². The first-order valence-electron chi connectivity index (χ1n) is 15.1. The summed E-state index contributed by atoms with van der Waals surface area (Å²) in [6.45, 7) is 29.7. The molecule has 0 heterocycles. The van der Waals surface area contributed by atoms with E-state index >= 15 is 0 Å². The van der Waals surface area contributed by atoms with Crippen molar-refractivity contribution in [2.75, 3.05) is 0 Å². The van der Waals surface area contributed by atoms with Crippen LogP contribution in [0.2, 0.25) is 0 Å². The van der Waals surface area contributed by atoms with Crippen LogP contribution in [0, 0.1) is 0 Å². The highest BCUT2D eigenvalue weighted by Gasteiger charge is 2.29. The molecule has 2 atom stereocenters. The fraction of sp³-hybridized carbons (Fsp3) is 0.667. The molecular formula is C36H58O4. The van der Waals surface area contributed by atoms with Gasteiger partial charge in [-0.05, 0) is 59.3 Å². The molecule has 0 aliphatic rings. The molecule has 0 aromatic heterocycles. The largest absolute Gasteiger partial charge is 0.507 e. The van der Waals surface area contributed by atoms with Gasteiger partial charge in [0.1, 0.15) is 29.1 Å². The lowest BCUT2D eigenvalue weighted by molar-refractivity contribution is 0.111. The third kappa shape index (κ3) is 8.82. The molecular weight excluding hydrogens is 496 g/mol. The Balaban J connectivity index is 2.42. The number of benzene rings is 2. The molecule has 226 valence electrons. The zero-order valence-electron chi connectivity index (χ0n) is 28.0. The van der Waals surface area contributed by atoms with Crippen molar-refractivity contribution in [3.63, 3.8) is 0 Å². The quantitative estimate of drug-likeness (QED) is 0.324. The molecule has 2 N–H and O–H groups in total. The van der Waals surface area contributed by atoms with E-state index in [0.29, 0.717) is 11.5 Å². The number of hydrogen-bond acceptors (Lipinski definition) is 4. The number of phenols is 2. The van der Waals surface area contributed by atoms with Crippen LogP contribution in [0.5, 0.6) is 23.0 Å². The zero-order chi connectivity index (χ0) is 30.8. The van der Waals surface area contributed by atoms with Gasteiger partial charge in [0.25, 0.3) is 0 Å². The molecule has 0 fully saturated rings. The van der Waals surface area contributed by atoms with Gasteiger partial charge in [-0.3, -0.25) is 0 Å². The van der Waals surface area contributed by atoms with Gasteiger partial charge in [-0.2, -0.15) is 0 Å². The Kier molecular flexibility index (Phi) is 10.4. The van der Waals surface area contributed by atoms with Crippen LogP contribution in [0.1, 0.15) is 145 Å². The fourth-order valence-electron chi connectivity index (χ4n) is 5.14. The Bertz CT molecular complexity index is 1060. The van der Waals surface area contributed by atoms with Gasteiger partial charge in [-0.1, -0.05) is 103 Å². The normalized spacial score (nSPS) is 14.7. The van der Waals surface area contributed by atoms with Crippen LogP contribution in [-0.4, -0.2) is 22.4 Å². The molecule has 40 heavy (non-hydrogen) atoms. The summed E-state index contributed by atoms with van der Waals surface area (Å²) in [6.07, 6.45) is 3.70. The highest BCUT2D eigenvalue weighted by Crippen LogP contribution is 2.43. The van der Waals surface area contributed by atoms with Crippen LogP contribution in [0.4, 0.5) is 0 Å². The minimum atomic E-state index is -0.215. The average Bonchev–Trinajstić information content (AvgIpc) is 2.76. The molecule has 0 bridgehead atoms. The maximum atomic E-state index is 11.2. The maximum absolute atomic E-state index is 11.2. The van der Waals surface area contributed by atoms with Crippen LogP contribution in [0.25, 0.3) is 0 Å². The van der Waals surface area contributed by atoms with E-state index in [0.717, 1.165) is 59.4 Å². The smallest absolute Gasteiger partial charge is 0.123 e. The minimum absolute atomic E-state index is 0.0265. The van der Waals surface area contributed by atoms with E-state index in [1.165, 1.54) is 0 Å². The lowest BCUT2D eigenvalue weighted by Crippen LogP contribution is -2.26. The minimum Gasteiger partial charge on any atom is -0.507 e. The summed E-state index contributed by atoms with van der Waals surface area (Å²) < 4.78 is 13.2. The van der Waals surface area contributed by atoms with Crippen LogP contribution in [0.15, 0.2) is 24.3 Å². The Morgan fingerprint density at radius 2 is 0.925 bits per heavy atom. The van der Waals surface area contributed by atoms with E-state index in [1.807, 2.05) is 24.3 Å². The van der Waals surface area contributed by atoms with Gasteiger partial charge in [-0.15, -0.1) is 0 Å². The summed E-state index contributed by atoms with van der Waals surface area (Å²) in [5, 5.41) is 22.3. The Labute approximate surface area is 245 Å². The van der Waals surface area contributed by atoms with Crippen LogP contribution >= 0.6 is 0 Å². The van der Waals surface area contributed by atoms with Crippen molar-refractivity contribution in [1.82, 2.24) is 0 Å². The van der Waals surface area contributed by atoms with E-state index in [2.05, 4.69) is 96.9 Å². The molecule has 2 unspecified atom stereocenters. The molecule has 0 aliphatic heterocycles. The second-order valence-corrected chi connectivity index (χ2v) is 15.8. The SMILES string of the molecule is CCCCC(CC(C)Oc1cc(C(C)(C)C)c(O)c(C(C)(C)C)c1)Oc1cc(C(C)(C)C)c(O)c(C(C)(C)C)c1. The third-order valence-electron chi connectivity index (χ3n) is 7.51. The summed E-state index contributed by atoms with van der Waals surface area (Å²) >= 11 is 0. The molecule has 4 heteroatoms. The van der Waals surface area contributed by atoms with E-state index in [4.69, 9.17) is 9.47 Å². The number of rotatable bonds is 9. The first kappa shape index (κ1) is 33.8. The topological polar surface area (TPSA) is 58.9 Å². The van der Waals surface area contributed by atoms with Gasteiger partial charge >= 0.3 is 0 Å². The van der Waals surface area contributed by atoms with Gasteiger partial charge < -0.3 is 19.7 Å². The van der Waals surface area contributed by atoms with Gasteiger partial charge in [0, 0.05) is 28.7 Å². The van der Waals surface area contributed by atoms with Crippen molar-refractivity contribution in [3.05, 3.63) is 46.5 Å². The lowest BCUT2D eigenvalue weighted by Gasteiger charge is -2.30. The average molecular weight is 555 g/mol. The molecule has 0 amide bonds. The van der Waals surface area contributed by atoms with E-state index in [1.54, 1.807) is 0 Å². The summed E-state index contributed by atoms with van der Waals surface area (Å²) in [5.41, 5.74) is 2.75. The van der Waals surface area contributed by atoms with Gasteiger partial charge in [-0.25, -0.2) is 0 Å². The highest BCUT2D eigenvalue weighted by molar-refractivity contribution is 5.53. The molecule has 2 rings (SSSR count). The molecule has 0 radical (unpaired) electrons. The Morgan fingerprint density at radius 3 is 1.23 bits per heavy atom. The molecule has 0 saturated heterocycles. The van der Waals surface area contributed by atoms with Crippen molar-refractivity contribution < 1.29 is 19.7 Å². The number of unbranched alkanes of at least 4 members (excludes halogenated alkanes) is 1. The van der Waals surface area contributed by atoms with Crippen molar-refractivity contribution >= 4 is 0 Å². The third-order valence-corrected chi connectivity index (χ3v) is 7.51. The maximum Gasteiger partial charge on any atom is 0.123 e. The molecule has 2 aromatic carbocycles. The molecule has 2 aromatic rings. The number of aromatic hydroxyl groups is 2. The van der Waals surface area contributed by atoms with Crippen molar-refractivity contribution in [2.24, 2.45) is 0 Å². The monoisotopic (exact) mass is 554 g/mol. The molecule has 0 saturated carbocycles. The number of phenolic OH excluding ortho intramolecular Hbond substituents is 2. The lowest BCUT2D eigenvalue weighted by atomic mass is 9.79. The van der Waals surface area contributed by atoms with Crippen LogP contribution < -0.4 is 9.47 Å². The van der Waals surface area contributed by atoms with E-state index in [-0.39, 0.29) is 33.9 Å². The van der Waals surface area contributed by atoms with Crippen LogP contribution in [-0.2, 0) is 21.7 Å². The Hall–Kier alpha value is -2.36. The predicted molar refractivity (Wildman–Crippen MR) is 170 cm³/mol. The summed E-state index contributed by atoms with van der Waals surface area (Å²) in [7, 11) is 0. The Morgan fingerprint density at radius 1 is 0.600 bits per heavy atom. The van der Waals surface area contributed by atoms with Gasteiger partial charge in [0.15, 0.2) is 0 Å². The van der Waals surface area contributed by atoms with Crippen molar-refractivity contribution in [1.29, 1.82) is 0 Å². The first-order valence-corrected chi connectivity index (χ1v) is 15.1. The predicted octanol–water partition coefficient (Wildman–Crippen LogP) is 10.1. The highest BCUT2D eigenvalue weighted by atomic mass is 16.5. The standard InChI is InChI=1S/C36H58O4/c1-15-16-17-24(40-26-21-29(35(9,10)11)32(38)30(22-26)36(12,13)14)18-23(2)39-25-19-27(33(3,4)5)31(37)28(20-25)34(6,7)8/h19-24,37-38H,15-18H2,1-14H3. The van der Waals surface area contributed by atoms with E-state index < -0.39 is 0 Å². The van der Waals surface area contributed by atoms with Gasteiger partial charge in [0.2, 0.25) is 0 Å². The summed E-state index contributed by atoms with van der Waals surface area (Å²) in [4.78, 5) is 0. The second kappa shape index (κ2) is 12.2. The molecule has 0 spiro atoms. The summed E-state index contributed by atoms with van der Waals surface area (Å²) in [5.74, 6) is 2.31. The summed E-state index contributed by atoms with van der Waals surface area (Å²) in [6, 6.07) is 8.02. The van der Waals surface area contributed by atoms with E-state index in [9.17, 15) is 10.2 Å². The molecule has 4 nitrogen and oxygen atoms in total. The van der Waals surface area contributed by atoms with Crippen LogP contribution in [0.3, 0.4) is 0 Å². The first-order chi connectivity index (χ1) is 18.1. The number of ether oxygens (including phenoxy) is 2. The van der Waals surface area contributed by atoms with Gasteiger partial charge in [0.05, 0.1) is 6.10 Å². The fourth-order valence-corrected chi connectivity index (χ4v) is 5.14. The molecule has 0 aliphatic carbocycles. The van der Waals surface area contributed by atoms with Crippen molar-refractivity contribution in [2.45, 2.75) is 156 Å². The zero-order valence-corrected chi connectivity index (χ0v) is 28.0. The number of hydrogen-bond donors (Lipinski definition) is 2.